The first-order valence-corrected chi connectivity index (χ1v) is 5.92. The third-order valence-corrected chi connectivity index (χ3v) is 3.21. The molecule has 0 unspecified atom stereocenters. The predicted octanol–water partition coefficient (Wildman–Crippen LogP) is 0.442. The minimum absolute atomic E-state index is 0.0117. The van der Waals surface area contributed by atoms with Crippen molar-refractivity contribution < 1.29 is 9.90 Å². The van der Waals surface area contributed by atoms with Gasteiger partial charge in [-0.2, -0.15) is 0 Å². The van der Waals surface area contributed by atoms with E-state index < -0.39 is 0 Å². The number of hydrogen-bond acceptors (Lipinski definition) is 3. The van der Waals surface area contributed by atoms with Crippen LogP contribution in [0.3, 0.4) is 0 Å². The Morgan fingerprint density at radius 2 is 2.12 bits per heavy atom. The number of rotatable bonds is 5. The van der Waals surface area contributed by atoms with Gasteiger partial charge in [0, 0.05) is 5.56 Å². The summed E-state index contributed by atoms with van der Waals surface area (Å²) in [6.45, 7) is 0.535. The number of nitrogens with two attached hydrogens (primary N) is 1. The summed E-state index contributed by atoms with van der Waals surface area (Å²) in [5, 5.41) is 12.1. The Hall–Kier alpha value is -1.39. The highest BCUT2D eigenvalue weighted by molar-refractivity contribution is 5.96. The molecular weight excluding hydrogens is 216 g/mol. The van der Waals surface area contributed by atoms with Crippen molar-refractivity contribution in [2.24, 2.45) is 5.73 Å². The molecule has 0 atom stereocenters. The fraction of sp³-hybridized carbons (Fsp3) is 0.462. The van der Waals surface area contributed by atoms with Crippen molar-refractivity contribution in [1.82, 2.24) is 5.32 Å². The summed E-state index contributed by atoms with van der Waals surface area (Å²) >= 11 is 0. The van der Waals surface area contributed by atoms with Crippen molar-refractivity contribution in [3.8, 4) is 0 Å². The van der Waals surface area contributed by atoms with Gasteiger partial charge in [0.05, 0.1) is 12.1 Å². The Labute approximate surface area is 101 Å². The molecule has 1 aromatic rings. The largest absolute Gasteiger partial charge is 0.394 e. The van der Waals surface area contributed by atoms with Crippen molar-refractivity contribution in [3.63, 3.8) is 0 Å². The van der Waals surface area contributed by atoms with Crippen LogP contribution in [-0.4, -0.2) is 29.7 Å². The molecule has 1 aliphatic carbocycles. The summed E-state index contributed by atoms with van der Waals surface area (Å²) in [7, 11) is 0. The second-order valence-corrected chi connectivity index (χ2v) is 4.59. The highest BCUT2D eigenvalue weighted by Crippen LogP contribution is 2.34. The first-order valence-electron chi connectivity index (χ1n) is 5.92. The molecule has 92 valence electrons. The van der Waals surface area contributed by atoms with Gasteiger partial charge in [0.1, 0.15) is 0 Å². The molecule has 2 rings (SSSR count). The highest BCUT2D eigenvalue weighted by atomic mass is 16.3. The lowest BCUT2D eigenvalue weighted by Crippen LogP contribution is -2.40. The van der Waals surface area contributed by atoms with E-state index in [1.807, 2.05) is 18.2 Å². The fourth-order valence-electron chi connectivity index (χ4n) is 1.90. The highest BCUT2D eigenvalue weighted by Gasteiger charge is 2.43. The van der Waals surface area contributed by atoms with Gasteiger partial charge in [0.25, 0.3) is 5.91 Å². The maximum absolute atomic E-state index is 12.1. The van der Waals surface area contributed by atoms with Crippen LogP contribution in [-0.2, 0) is 6.42 Å². The normalized spacial score (nSPS) is 16.6. The number of hydrogen-bond donors (Lipinski definition) is 3. The molecule has 0 spiro atoms. The van der Waals surface area contributed by atoms with Crippen molar-refractivity contribution in [2.45, 2.75) is 24.8 Å². The van der Waals surface area contributed by atoms with Crippen LogP contribution in [0.4, 0.5) is 0 Å². The van der Waals surface area contributed by atoms with Crippen LogP contribution in [0.2, 0.25) is 0 Å². The lowest BCUT2D eigenvalue weighted by atomic mass is 10.0. The van der Waals surface area contributed by atoms with Gasteiger partial charge in [-0.1, -0.05) is 18.2 Å². The number of aliphatic hydroxyl groups is 1. The van der Waals surface area contributed by atoms with E-state index in [9.17, 15) is 9.90 Å². The second-order valence-electron chi connectivity index (χ2n) is 4.59. The maximum Gasteiger partial charge on any atom is 0.252 e. The lowest BCUT2D eigenvalue weighted by Gasteiger charge is -2.16. The third kappa shape index (κ3) is 2.65. The first kappa shape index (κ1) is 12.1. The number of aliphatic hydroxyl groups excluding tert-OH is 1. The molecule has 0 bridgehead atoms. The molecule has 1 fully saturated rings. The SMILES string of the molecule is NCCc1ccccc1C(=O)NC1(CO)CC1. The number of carbonyl (C=O) groups is 1. The van der Waals surface area contributed by atoms with Gasteiger partial charge < -0.3 is 16.2 Å². The number of benzene rings is 1. The molecule has 1 aromatic carbocycles. The van der Waals surface area contributed by atoms with Gasteiger partial charge in [-0.15, -0.1) is 0 Å². The zero-order chi connectivity index (χ0) is 12.3. The number of nitrogens with one attached hydrogen (secondary N) is 1. The van der Waals surface area contributed by atoms with E-state index in [0.29, 0.717) is 18.5 Å². The quantitative estimate of drug-likeness (QED) is 0.692. The Morgan fingerprint density at radius 3 is 2.71 bits per heavy atom. The van der Waals surface area contributed by atoms with Crippen molar-refractivity contribution in [3.05, 3.63) is 35.4 Å². The molecule has 0 aromatic heterocycles. The summed E-state index contributed by atoms with van der Waals surface area (Å²) in [4.78, 5) is 12.1. The average Bonchev–Trinajstić information content (AvgIpc) is 3.10. The average molecular weight is 234 g/mol. The molecular formula is C13H18N2O2. The minimum Gasteiger partial charge on any atom is -0.394 e. The van der Waals surface area contributed by atoms with E-state index in [4.69, 9.17) is 5.73 Å². The molecule has 1 amide bonds. The van der Waals surface area contributed by atoms with Gasteiger partial charge in [-0.25, -0.2) is 0 Å². The first-order chi connectivity index (χ1) is 8.21. The molecule has 1 aliphatic rings. The molecule has 0 heterocycles. The monoisotopic (exact) mass is 234 g/mol. The van der Waals surface area contributed by atoms with Gasteiger partial charge >= 0.3 is 0 Å². The summed E-state index contributed by atoms with van der Waals surface area (Å²) in [6, 6.07) is 7.46. The Balaban J connectivity index is 2.13. The van der Waals surface area contributed by atoms with Crippen LogP contribution < -0.4 is 11.1 Å². The molecule has 0 aliphatic heterocycles. The van der Waals surface area contributed by atoms with Crippen LogP contribution in [0.1, 0.15) is 28.8 Å². The van der Waals surface area contributed by atoms with E-state index >= 15 is 0 Å². The van der Waals surface area contributed by atoms with Gasteiger partial charge in [-0.05, 0) is 37.4 Å². The summed E-state index contributed by atoms with van der Waals surface area (Å²) in [5.74, 6) is -0.111. The Kier molecular flexibility index (Phi) is 3.45. The summed E-state index contributed by atoms with van der Waals surface area (Å²) in [5.41, 5.74) is 6.78. The summed E-state index contributed by atoms with van der Waals surface area (Å²) in [6.07, 6.45) is 2.40. The molecule has 4 N–H and O–H groups in total. The maximum atomic E-state index is 12.1. The van der Waals surface area contributed by atoms with Crippen LogP contribution >= 0.6 is 0 Å². The second kappa shape index (κ2) is 4.85. The summed E-state index contributed by atoms with van der Waals surface area (Å²) < 4.78 is 0. The standard InChI is InChI=1S/C13H18N2O2/c14-8-5-10-3-1-2-4-11(10)12(17)15-13(9-16)6-7-13/h1-4,16H,5-9,14H2,(H,15,17). The lowest BCUT2D eigenvalue weighted by molar-refractivity contribution is 0.0906. The van der Waals surface area contributed by atoms with Crippen molar-refractivity contribution in [1.29, 1.82) is 0 Å². The zero-order valence-corrected chi connectivity index (χ0v) is 9.78. The smallest absolute Gasteiger partial charge is 0.252 e. The van der Waals surface area contributed by atoms with E-state index in [2.05, 4.69) is 5.32 Å². The van der Waals surface area contributed by atoms with Crippen LogP contribution in [0.15, 0.2) is 24.3 Å². The van der Waals surface area contributed by atoms with Gasteiger partial charge in [-0.3, -0.25) is 4.79 Å². The van der Waals surface area contributed by atoms with Crippen LogP contribution in [0, 0.1) is 0 Å². The molecule has 1 saturated carbocycles. The molecule has 4 nitrogen and oxygen atoms in total. The third-order valence-electron chi connectivity index (χ3n) is 3.21. The van der Waals surface area contributed by atoms with E-state index in [-0.39, 0.29) is 18.1 Å². The molecule has 4 heteroatoms. The number of amides is 1. The van der Waals surface area contributed by atoms with Gasteiger partial charge in [0.2, 0.25) is 0 Å². The number of carbonyl (C=O) groups excluding carboxylic acids is 1. The zero-order valence-electron chi connectivity index (χ0n) is 9.78. The Morgan fingerprint density at radius 1 is 1.41 bits per heavy atom. The topological polar surface area (TPSA) is 75.4 Å². The van der Waals surface area contributed by atoms with E-state index in [1.165, 1.54) is 0 Å². The molecule has 0 radical (unpaired) electrons. The minimum atomic E-state index is -0.368. The van der Waals surface area contributed by atoms with Crippen molar-refractivity contribution >= 4 is 5.91 Å². The molecule has 17 heavy (non-hydrogen) atoms. The van der Waals surface area contributed by atoms with Crippen LogP contribution in [0.5, 0.6) is 0 Å². The van der Waals surface area contributed by atoms with Gasteiger partial charge in [0.15, 0.2) is 0 Å². The predicted molar refractivity (Wildman–Crippen MR) is 65.7 cm³/mol. The van der Waals surface area contributed by atoms with Crippen LogP contribution in [0.25, 0.3) is 0 Å². The van der Waals surface area contributed by atoms with E-state index in [0.717, 1.165) is 18.4 Å². The fourth-order valence-corrected chi connectivity index (χ4v) is 1.90. The Bertz CT molecular complexity index is 414. The van der Waals surface area contributed by atoms with E-state index in [1.54, 1.807) is 6.07 Å². The van der Waals surface area contributed by atoms with Crippen molar-refractivity contribution in [2.75, 3.05) is 13.2 Å². The molecule has 0 saturated heterocycles.